The van der Waals surface area contributed by atoms with Gasteiger partial charge in [0.05, 0.1) is 12.5 Å². The standard InChI is InChI=1S/C24H26N4O3/c25-15-5-17-28(20-6-2-1-3-7-20)24(31)14-13-22(29)26-18-19-9-11-21(12-10-19)27-16-4-8-23(27)30/h1-3,6-7,9-12H,4-5,8,13-14,16-18H2,(H,26,29). The second-order valence-electron chi connectivity index (χ2n) is 7.38. The fourth-order valence-corrected chi connectivity index (χ4v) is 3.53. The zero-order valence-corrected chi connectivity index (χ0v) is 17.4. The van der Waals surface area contributed by atoms with Gasteiger partial charge in [0, 0.05) is 50.3 Å². The number of rotatable bonds is 9. The lowest BCUT2D eigenvalue weighted by Gasteiger charge is -2.21. The zero-order chi connectivity index (χ0) is 22.1. The fourth-order valence-electron chi connectivity index (χ4n) is 3.53. The molecule has 1 N–H and O–H groups in total. The Kier molecular flexibility index (Phi) is 7.77. The predicted molar refractivity (Wildman–Crippen MR) is 118 cm³/mol. The van der Waals surface area contributed by atoms with Crippen LogP contribution in [-0.4, -0.2) is 30.8 Å². The number of amides is 3. The summed E-state index contributed by atoms with van der Waals surface area (Å²) >= 11 is 0. The first-order valence-electron chi connectivity index (χ1n) is 10.5. The Balaban J connectivity index is 1.47. The highest BCUT2D eigenvalue weighted by atomic mass is 16.2. The quantitative estimate of drug-likeness (QED) is 0.677. The molecule has 0 atom stereocenters. The first-order valence-corrected chi connectivity index (χ1v) is 10.5. The van der Waals surface area contributed by atoms with E-state index in [4.69, 9.17) is 5.26 Å². The molecule has 1 heterocycles. The van der Waals surface area contributed by atoms with Crippen LogP contribution in [0.15, 0.2) is 54.6 Å². The molecule has 7 heteroatoms. The summed E-state index contributed by atoms with van der Waals surface area (Å²) in [6.45, 7) is 1.40. The molecule has 31 heavy (non-hydrogen) atoms. The third-order valence-electron chi connectivity index (χ3n) is 5.19. The molecule has 1 saturated heterocycles. The third kappa shape index (κ3) is 6.16. The molecule has 160 valence electrons. The van der Waals surface area contributed by atoms with Gasteiger partial charge in [-0.2, -0.15) is 5.26 Å². The number of nitrogens with one attached hydrogen (secondary N) is 1. The van der Waals surface area contributed by atoms with E-state index < -0.39 is 0 Å². The summed E-state index contributed by atoms with van der Waals surface area (Å²) in [4.78, 5) is 40.0. The average Bonchev–Trinajstić information content (AvgIpc) is 3.23. The van der Waals surface area contributed by atoms with Crippen LogP contribution in [0.25, 0.3) is 0 Å². The van der Waals surface area contributed by atoms with Crippen LogP contribution >= 0.6 is 0 Å². The van der Waals surface area contributed by atoms with Crippen LogP contribution in [-0.2, 0) is 20.9 Å². The molecule has 3 amide bonds. The molecule has 1 aliphatic rings. The number of nitriles is 1. The summed E-state index contributed by atoms with van der Waals surface area (Å²) < 4.78 is 0. The van der Waals surface area contributed by atoms with E-state index in [0.29, 0.717) is 19.5 Å². The Morgan fingerprint density at radius 1 is 1.06 bits per heavy atom. The van der Waals surface area contributed by atoms with E-state index in [0.717, 1.165) is 29.9 Å². The Bertz CT molecular complexity index is 951. The SMILES string of the molecule is N#CCCN(C(=O)CCC(=O)NCc1ccc(N2CCCC2=O)cc1)c1ccccc1. The molecule has 0 saturated carbocycles. The van der Waals surface area contributed by atoms with Crippen molar-refractivity contribution < 1.29 is 14.4 Å². The summed E-state index contributed by atoms with van der Waals surface area (Å²) in [7, 11) is 0. The number of hydrogen-bond donors (Lipinski definition) is 1. The molecule has 7 nitrogen and oxygen atoms in total. The van der Waals surface area contributed by atoms with Crippen LogP contribution in [0.2, 0.25) is 0 Å². The van der Waals surface area contributed by atoms with Gasteiger partial charge in [-0.25, -0.2) is 0 Å². The smallest absolute Gasteiger partial charge is 0.227 e. The monoisotopic (exact) mass is 418 g/mol. The summed E-state index contributed by atoms with van der Waals surface area (Å²) in [5.41, 5.74) is 2.52. The predicted octanol–water partition coefficient (Wildman–Crippen LogP) is 3.16. The topological polar surface area (TPSA) is 93.5 Å². The lowest BCUT2D eigenvalue weighted by atomic mass is 10.2. The number of benzene rings is 2. The number of anilines is 2. The Morgan fingerprint density at radius 3 is 2.45 bits per heavy atom. The molecule has 0 radical (unpaired) electrons. The van der Waals surface area contributed by atoms with Crippen LogP contribution in [0.4, 0.5) is 11.4 Å². The molecular weight excluding hydrogens is 392 g/mol. The van der Waals surface area contributed by atoms with Crippen molar-refractivity contribution >= 4 is 29.1 Å². The van der Waals surface area contributed by atoms with Crippen molar-refractivity contribution in [1.29, 1.82) is 5.26 Å². The lowest BCUT2D eigenvalue weighted by Crippen LogP contribution is -2.33. The maximum Gasteiger partial charge on any atom is 0.227 e. The van der Waals surface area contributed by atoms with Crippen molar-refractivity contribution in [3.8, 4) is 6.07 Å². The van der Waals surface area contributed by atoms with Gasteiger partial charge >= 0.3 is 0 Å². The van der Waals surface area contributed by atoms with Gasteiger partial charge in [-0.1, -0.05) is 30.3 Å². The highest BCUT2D eigenvalue weighted by Gasteiger charge is 2.21. The van der Waals surface area contributed by atoms with Gasteiger partial charge in [-0.15, -0.1) is 0 Å². The van der Waals surface area contributed by atoms with Crippen molar-refractivity contribution in [2.75, 3.05) is 22.9 Å². The second kappa shape index (κ2) is 10.9. The Labute approximate surface area is 182 Å². The number of hydrogen-bond acceptors (Lipinski definition) is 4. The molecule has 1 aliphatic heterocycles. The van der Waals surface area contributed by atoms with E-state index in [-0.39, 0.29) is 37.0 Å². The van der Waals surface area contributed by atoms with Gasteiger partial charge in [-0.05, 0) is 36.2 Å². The first-order chi connectivity index (χ1) is 15.1. The second-order valence-corrected chi connectivity index (χ2v) is 7.38. The van der Waals surface area contributed by atoms with Crippen molar-refractivity contribution in [2.24, 2.45) is 0 Å². The van der Waals surface area contributed by atoms with Crippen molar-refractivity contribution in [3.63, 3.8) is 0 Å². The van der Waals surface area contributed by atoms with Gasteiger partial charge in [0.15, 0.2) is 0 Å². The molecule has 1 fully saturated rings. The highest BCUT2D eigenvalue weighted by Crippen LogP contribution is 2.21. The van der Waals surface area contributed by atoms with E-state index in [9.17, 15) is 14.4 Å². The molecular formula is C24H26N4O3. The van der Waals surface area contributed by atoms with Crippen LogP contribution in [0.1, 0.15) is 37.7 Å². The molecule has 2 aromatic rings. The van der Waals surface area contributed by atoms with E-state index in [1.165, 1.54) is 0 Å². The third-order valence-corrected chi connectivity index (χ3v) is 5.19. The molecule has 0 aliphatic carbocycles. The summed E-state index contributed by atoms with van der Waals surface area (Å²) in [5.74, 6) is -0.248. The van der Waals surface area contributed by atoms with Crippen LogP contribution in [0.5, 0.6) is 0 Å². The minimum absolute atomic E-state index is 0.0716. The van der Waals surface area contributed by atoms with E-state index in [1.807, 2.05) is 54.6 Å². The van der Waals surface area contributed by atoms with E-state index >= 15 is 0 Å². The number of para-hydroxylation sites is 1. The van der Waals surface area contributed by atoms with Crippen molar-refractivity contribution in [2.45, 2.75) is 38.6 Å². The molecule has 3 rings (SSSR count). The molecule has 0 bridgehead atoms. The van der Waals surface area contributed by atoms with Gasteiger partial charge < -0.3 is 15.1 Å². The molecule has 0 aromatic heterocycles. The van der Waals surface area contributed by atoms with Gasteiger partial charge in [-0.3, -0.25) is 14.4 Å². The molecule has 0 unspecified atom stereocenters. The molecule has 2 aromatic carbocycles. The fraction of sp³-hybridized carbons (Fsp3) is 0.333. The van der Waals surface area contributed by atoms with Gasteiger partial charge in [0.1, 0.15) is 0 Å². The maximum absolute atomic E-state index is 12.6. The normalized spacial score (nSPS) is 13.0. The number of carbonyl (C=O) groups excluding carboxylic acids is 3. The van der Waals surface area contributed by atoms with E-state index in [2.05, 4.69) is 11.4 Å². The minimum Gasteiger partial charge on any atom is -0.352 e. The lowest BCUT2D eigenvalue weighted by molar-refractivity contribution is -0.125. The van der Waals surface area contributed by atoms with E-state index in [1.54, 1.807) is 9.80 Å². The maximum atomic E-state index is 12.6. The summed E-state index contributed by atoms with van der Waals surface area (Å²) in [6, 6.07) is 18.8. The number of nitrogens with zero attached hydrogens (tertiary/aromatic N) is 3. The van der Waals surface area contributed by atoms with Crippen LogP contribution < -0.4 is 15.1 Å². The highest BCUT2D eigenvalue weighted by molar-refractivity contribution is 5.96. The molecule has 0 spiro atoms. The summed E-state index contributed by atoms with van der Waals surface area (Å²) in [5, 5.41) is 11.7. The zero-order valence-electron chi connectivity index (χ0n) is 17.4. The van der Waals surface area contributed by atoms with Gasteiger partial charge in [0.2, 0.25) is 17.7 Å². The van der Waals surface area contributed by atoms with Crippen molar-refractivity contribution in [3.05, 3.63) is 60.2 Å². The first kappa shape index (κ1) is 22.0. The minimum atomic E-state index is -0.208. The largest absolute Gasteiger partial charge is 0.352 e. The average molecular weight is 418 g/mol. The Morgan fingerprint density at radius 2 is 1.81 bits per heavy atom. The Hall–Kier alpha value is -3.66. The van der Waals surface area contributed by atoms with Crippen LogP contribution in [0, 0.1) is 11.3 Å². The van der Waals surface area contributed by atoms with Crippen molar-refractivity contribution in [1.82, 2.24) is 5.32 Å². The number of carbonyl (C=O) groups is 3. The summed E-state index contributed by atoms with van der Waals surface area (Å²) in [6.07, 6.45) is 1.85. The van der Waals surface area contributed by atoms with Crippen LogP contribution in [0.3, 0.4) is 0 Å². The van der Waals surface area contributed by atoms with Gasteiger partial charge in [0.25, 0.3) is 0 Å².